The number of likely N-dealkylation sites (tertiary alicyclic amines) is 1. The van der Waals surface area contributed by atoms with E-state index in [9.17, 15) is 9.18 Å². The van der Waals surface area contributed by atoms with Crippen molar-refractivity contribution < 1.29 is 9.18 Å². The molecule has 0 unspecified atom stereocenters. The molecule has 1 amide bonds. The molecule has 2 aliphatic rings. The van der Waals surface area contributed by atoms with Crippen molar-refractivity contribution in [2.75, 3.05) is 18.4 Å². The van der Waals surface area contributed by atoms with Gasteiger partial charge in [0.25, 0.3) is 5.91 Å². The van der Waals surface area contributed by atoms with Crippen molar-refractivity contribution in [2.24, 2.45) is 10.7 Å². The van der Waals surface area contributed by atoms with Gasteiger partial charge in [-0.05, 0) is 61.4 Å². The zero-order valence-electron chi connectivity index (χ0n) is 20.9. The van der Waals surface area contributed by atoms with Gasteiger partial charge in [-0.25, -0.2) is 14.4 Å². The van der Waals surface area contributed by atoms with Crippen molar-refractivity contribution in [3.8, 4) is 11.3 Å². The maximum Gasteiger partial charge on any atom is 0.253 e. The number of aromatic nitrogens is 3. The Morgan fingerprint density at radius 1 is 1.03 bits per heavy atom. The van der Waals surface area contributed by atoms with Crippen LogP contribution in [0, 0.1) is 5.82 Å². The molecule has 2 aromatic heterocycles. The number of fused-ring (bicyclic) bond motifs is 3. The number of halogens is 2. The van der Waals surface area contributed by atoms with Crippen LogP contribution in [0.5, 0.6) is 0 Å². The van der Waals surface area contributed by atoms with Crippen LogP contribution in [0.3, 0.4) is 0 Å². The summed E-state index contributed by atoms with van der Waals surface area (Å²) in [5.41, 5.74) is 10.7. The fourth-order valence-electron chi connectivity index (χ4n) is 4.86. The molecule has 196 valence electrons. The second-order valence-corrected chi connectivity index (χ2v) is 10.0. The molecule has 8 nitrogen and oxygen atoms in total. The Kier molecular flexibility index (Phi) is 6.76. The first-order valence-corrected chi connectivity index (χ1v) is 13.1. The second kappa shape index (κ2) is 10.5. The van der Waals surface area contributed by atoms with E-state index in [4.69, 9.17) is 22.3 Å². The highest BCUT2D eigenvalue weighted by Crippen LogP contribution is 2.34. The minimum atomic E-state index is -0.465. The first-order valence-electron chi connectivity index (χ1n) is 12.7. The van der Waals surface area contributed by atoms with Crippen molar-refractivity contribution in [1.82, 2.24) is 19.9 Å². The van der Waals surface area contributed by atoms with E-state index < -0.39 is 5.82 Å². The Labute approximate surface area is 229 Å². The van der Waals surface area contributed by atoms with E-state index in [-0.39, 0.29) is 24.2 Å². The van der Waals surface area contributed by atoms with Gasteiger partial charge in [0.05, 0.1) is 18.0 Å². The van der Waals surface area contributed by atoms with Crippen LogP contribution in [0.1, 0.15) is 40.0 Å². The summed E-state index contributed by atoms with van der Waals surface area (Å²) in [5.74, 6) is -0.0799. The lowest BCUT2D eigenvalue weighted by molar-refractivity contribution is 0.0715. The number of piperidine rings is 1. The van der Waals surface area contributed by atoms with Crippen LogP contribution in [-0.2, 0) is 6.54 Å². The van der Waals surface area contributed by atoms with Gasteiger partial charge < -0.3 is 16.0 Å². The van der Waals surface area contributed by atoms with Crippen molar-refractivity contribution >= 4 is 34.9 Å². The summed E-state index contributed by atoms with van der Waals surface area (Å²) >= 11 is 6.33. The zero-order chi connectivity index (χ0) is 26.9. The first-order chi connectivity index (χ1) is 19.0. The minimum Gasteiger partial charge on any atom is -0.339 e. The number of nitrogens with one attached hydrogen (secondary N) is 1. The van der Waals surface area contributed by atoms with Crippen LogP contribution >= 0.6 is 11.6 Å². The number of nitrogens with zero attached hydrogens (tertiary/aromatic N) is 5. The molecule has 39 heavy (non-hydrogen) atoms. The number of amides is 1. The van der Waals surface area contributed by atoms with Crippen LogP contribution in [0.15, 0.2) is 72.0 Å². The molecule has 4 heterocycles. The average molecular weight is 542 g/mol. The normalized spacial score (nSPS) is 15.2. The Morgan fingerprint density at radius 3 is 2.59 bits per heavy atom. The number of aliphatic imine (C=N–C) groups is 1. The number of benzene rings is 2. The monoisotopic (exact) mass is 541 g/mol. The molecule has 1 fully saturated rings. The zero-order valence-corrected chi connectivity index (χ0v) is 21.7. The summed E-state index contributed by atoms with van der Waals surface area (Å²) in [7, 11) is 0. The molecule has 0 bridgehead atoms. The number of hydrogen-bond donors (Lipinski definition) is 2. The van der Waals surface area contributed by atoms with Gasteiger partial charge in [0.1, 0.15) is 5.69 Å². The predicted molar refractivity (Wildman–Crippen MR) is 149 cm³/mol. The van der Waals surface area contributed by atoms with Crippen molar-refractivity contribution in [2.45, 2.75) is 25.4 Å². The largest absolute Gasteiger partial charge is 0.339 e. The minimum absolute atomic E-state index is 0.00476. The highest BCUT2D eigenvalue weighted by molar-refractivity contribution is 6.31. The molecule has 4 aromatic rings. The summed E-state index contributed by atoms with van der Waals surface area (Å²) in [6.07, 6.45) is 4.88. The van der Waals surface area contributed by atoms with Crippen molar-refractivity contribution in [1.29, 1.82) is 0 Å². The van der Waals surface area contributed by atoms with Gasteiger partial charge in [0, 0.05) is 64.5 Å². The lowest BCUT2D eigenvalue weighted by Gasteiger charge is -2.30. The fraction of sp³-hybridized carbons (Fsp3) is 0.207. The number of hydrogen-bond acceptors (Lipinski definition) is 7. The van der Waals surface area contributed by atoms with Crippen molar-refractivity contribution in [3.05, 3.63) is 100 Å². The lowest BCUT2D eigenvalue weighted by Crippen LogP contribution is -2.42. The molecule has 2 aromatic carbocycles. The Hall–Kier alpha value is -4.21. The molecule has 2 aliphatic heterocycles. The van der Waals surface area contributed by atoms with Crippen LogP contribution < -0.4 is 11.1 Å². The summed E-state index contributed by atoms with van der Waals surface area (Å²) in [6.45, 7) is 1.60. The molecule has 0 aliphatic carbocycles. The average Bonchev–Trinajstić information content (AvgIpc) is 3.10. The van der Waals surface area contributed by atoms with Gasteiger partial charge in [0.15, 0.2) is 5.82 Å². The van der Waals surface area contributed by atoms with E-state index in [1.54, 1.807) is 36.5 Å². The van der Waals surface area contributed by atoms with Crippen LogP contribution in [0.25, 0.3) is 11.3 Å². The van der Waals surface area contributed by atoms with E-state index in [2.05, 4.69) is 20.3 Å². The smallest absolute Gasteiger partial charge is 0.253 e. The summed E-state index contributed by atoms with van der Waals surface area (Å²) in [4.78, 5) is 32.9. The van der Waals surface area contributed by atoms with Crippen LogP contribution in [-0.4, -0.2) is 50.6 Å². The summed E-state index contributed by atoms with van der Waals surface area (Å²) in [5, 5.41) is 3.72. The Bertz CT molecular complexity index is 1580. The van der Waals surface area contributed by atoms with Crippen LogP contribution in [0.4, 0.5) is 16.0 Å². The third-order valence-corrected chi connectivity index (χ3v) is 7.20. The molecule has 0 radical (unpaired) electrons. The van der Waals surface area contributed by atoms with Gasteiger partial charge in [0.2, 0.25) is 5.95 Å². The lowest BCUT2D eigenvalue weighted by atomic mass is 9.97. The van der Waals surface area contributed by atoms with Gasteiger partial charge in [-0.3, -0.25) is 14.8 Å². The maximum absolute atomic E-state index is 14.7. The van der Waals surface area contributed by atoms with E-state index in [0.717, 1.165) is 29.7 Å². The third kappa shape index (κ3) is 5.10. The summed E-state index contributed by atoms with van der Waals surface area (Å²) in [6, 6.07) is 15.7. The number of carbonyl (C=O) groups excluding carboxylic acids is 1. The van der Waals surface area contributed by atoms with E-state index in [1.165, 1.54) is 12.3 Å². The van der Waals surface area contributed by atoms with Gasteiger partial charge in [-0.1, -0.05) is 17.7 Å². The molecule has 10 heteroatoms. The number of anilines is 2. The number of carbonyl (C=O) groups is 1. The number of nitrogens with two attached hydrogens (primary N) is 1. The SMILES string of the molecule is NC1CCN(C(=O)c2ccc(Nc3ncc4c(n3)-c3ccc(Cl)cc3C(c3ncccc3F)=NC4)cc2)CC1. The highest BCUT2D eigenvalue weighted by atomic mass is 35.5. The van der Waals surface area contributed by atoms with Gasteiger partial charge in [-0.15, -0.1) is 0 Å². The quantitative estimate of drug-likeness (QED) is 0.377. The van der Waals surface area contributed by atoms with Gasteiger partial charge >= 0.3 is 0 Å². The first kappa shape index (κ1) is 25.1. The number of pyridine rings is 1. The second-order valence-electron chi connectivity index (χ2n) is 9.59. The van der Waals surface area contributed by atoms with Gasteiger partial charge in [-0.2, -0.15) is 0 Å². The standard InChI is InChI=1S/C29H25ClFN7O/c30-19-5-8-22-23(14-19)26(27-24(31)2-1-11-33-27)34-15-18-16-35-29(37-25(18)22)36-21-6-3-17(4-7-21)28(39)38-12-9-20(32)10-13-38/h1-8,11,14,16,20H,9-10,12-13,15,32H2,(H,35,36,37). The summed E-state index contributed by atoms with van der Waals surface area (Å²) < 4.78 is 14.7. The highest BCUT2D eigenvalue weighted by Gasteiger charge is 2.24. The topological polar surface area (TPSA) is 109 Å². The molecule has 0 atom stereocenters. The predicted octanol–water partition coefficient (Wildman–Crippen LogP) is 4.99. The Morgan fingerprint density at radius 2 is 1.82 bits per heavy atom. The molecular weight excluding hydrogens is 517 g/mol. The Balaban J connectivity index is 1.28. The molecule has 6 rings (SSSR count). The maximum atomic E-state index is 14.7. The van der Waals surface area contributed by atoms with Crippen LogP contribution in [0.2, 0.25) is 5.02 Å². The molecule has 3 N–H and O–H groups in total. The van der Waals surface area contributed by atoms with E-state index in [0.29, 0.717) is 46.6 Å². The van der Waals surface area contributed by atoms with Crippen molar-refractivity contribution in [3.63, 3.8) is 0 Å². The number of rotatable bonds is 4. The molecule has 1 saturated heterocycles. The third-order valence-electron chi connectivity index (χ3n) is 6.96. The molecular formula is C29H25ClFN7O. The molecule has 0 spiro atoms. The van der Waals surface area contributed by atoms with E-state index in [1.807, 2.05) is 23.1 Å². The fourth-order valence-corrected chi connectivity index (χ4v) is 5.03. The van der Waals surface area contributed by atoms with E-state index >= 15 is 0 Å². The molecule has 0 saturated carbocycles.